The third-order valence-corrected chi connectivity index (χ3v) is 3.49. The van der Waals surface area contributed by atoms with Crippen LogP contribution in [0.25, 0.3) is 10.8 Å². The van der Waals surface area contributed by atoms with Crippen molar-refractivity contribution in [3.8, 4) is 5.75 Å². The average molecular weight is 287 g/mol. The van der Waals surface area contributed by atoms with Gasteiger partial charge in [0.15, 0.2) is 0 Å². The maximum Gasteiger partial charge on any atom is 0.295 e. The van der Waals surface area contributed by atoms with Crippen molar-refractivity contribution in [2.45, 2.75) is 4.90 Å². The molecule has 0 aliphatic rings. The highest BCUT2D eigenvalue weighted by molar-refractivity contribution is 7.86. The molecule has 1 atom stereocenters. The van der Waals surface area contributed by atoms with E-state index in [2.05, 4.69) is 4.18 Å². The van der Waals surface area contributed by atoms with Gasteiger partial charge in [-0.05, 0) is 29.7 Å². The van der Waals surface area contributed by atoms with Gasteiger partial charge < -0.3 is 8.74 Å². The Kier molecular flexibility index (Phi) is 3.35. The summed E-state index contributed by atoms with van der Waals surface area (Å²) < 4.78 is 56.5. The SMILES string of the molecule is O=S([O-])Oc1ccc2c(S(=O)(=O)O)cccc2c1. The maximum atomic E-state index is 11.1. The van der Waals surface area contributed by atoms with Crippen molar-refractivity contribution >= 4 is 32.3 Å². The van der Waals surface area contributed by atoms with Gasteiger partial charge in [0.1, 0.15) is 22.0 Å². The first kappa shape index (κ1) is 13.0. The fourth-order valence-electron chi connectivity index (χ4n) is 1.59. The molecule has 0 aromatic heterocycles. The predicted octanol–water partition coefficient (Wildman–Crippen LogP) is 1.26. The van der Waals surface area contributed by atoms with E-state index in [1.165, 1.54) is 30.3 Å². The molecule has 0 spiro atoms. The molecule has 0 radical (unpaired) electrons. The Morgan fingerprint density at radius 1 is 1.22 bits per heavy atom. The summed E-state index contributed by atoms with van der Waals surface area (Å²) in [5.74, 6) is 0.0586. The Balaban J connectivity index is 2.64. The predicted molar refractivity (Wildman–Crippen MR) is 63.3 cm³/mol. The lowest BCUT2D eigenvalue weighted by Gasteiger charge is -2.09. The highest BCUT2D eigenvalue weighted by atomic mass is 32.2. The lowest BCUT2D eigenvalue weighted by atomic mass is 10.1. The van der Waals surface area contributed by atoms with Crippen LogP contribution in [0.15, 0.2) is 41.3 Å². The molecule has 18 heavy (non-hydrogen) atoms. The molecule has 0 amide bonds. The number of rotatable bonds is 3. The van der Waals surface area contributed by atoms with Gasteiger partial charge in [-0.2, -0.15) is 8.42 Å². The van der Waals surface area contributed by atoms with Gasteiger partial charge >= 0.3 is 0 Å². The van der Waals surface area contributed by atoms with Crippen molar-refractivity contribution in [2.75, 3.05) is 0 Å². The second-order valence-electron chi connectivity index (χ2n) is 3.40. The van der Waals surface area contributed by atoms with E-state index < -0.39 is 21.5 Å². The van der Waals surface area contributed by atoms with E-state index in [1.54, 1.807) is 6.07 Å². The van der Waals surface area contributed by atoms with Crippen LogP contribution in [-0.2, 0) is 21.5 Å². The molecule has 2 rings (SSSR count). The Hall–Kier alpha value is -1.48. The lowest BCUT2D eigenvalue weighted by molar-refractivity contribution is 0.440. The van der Waals surface area contributed by atoms with E-state index in [9.17, 15) is 17.2 Å². The third kappa shape index (κ3) is 2.67. The Morgan fingerprint density at radius 3 is 2.56 bits per heavy atom. The summed E-state index contributed by atoms with van der Waals surface area (Å²) in [6.45, 7) is 0. The van der Waals surface area contributed by atoms with Crippen molar-refractivity contribution in [1.29, 1.82) is 0 Å². The van der Waals surface area contributed by atoms with E-state index in [4.69, 9.17) is 4.55 Å². The zero-order valence-electron chi connectivity index (χ0n) is 8.77. The van der Waals surface area contributed by atoms with Crippen LogP contribution >= 0.6 is 0 Å². The van der Waals surface area contributed by atoms with Gasteiger partial charge in [0, 0.05) is 5.39 Å². The van der Waals surface area contributed by atoms with Crippen molar-refractivity contribution in [1.82, 2.24) is 0 Å². The van der Waals surface area contributed by atoms with Crippen LogP contribution in [0.1, 0.15) is 0 Å². The summed E-state index contributed by atoms with van der Waals surface area (Å²) in [5.41, 5.74) is 0. The minimum atomic E-state index is -4.33. The second-order valence-corrected chi connectivity index (χ2v) is 5.37. The van der Waals surface area contributed by atoms with E-state index in [1.807, 2.05) is 0 Å². The molecule has 2 aromatic rings. The smallest absolute Gasteiger partial charge is 0.295 e. The number of hydrogen-bond donors (Lipinski definition) is 1. The van der Waals surface area contributed by atoms with Gasteiger partial charge in [-0.25, -0.2) is 4.21 Å². The van der Waals surface area contributed by atoms with Gasteiger partial charge in [-0.1, -0.05) is 12.1 Å². The van der Waals surface area contributed by atoms with Crippen molar-refractivity contribution in [3.05, 3.63) is 36.4 Å². The highest BCUT2D eigenvalue weighted by Crippen LogP contribution is 2.26. The summed E-state index contributed by atoms with van der Waals surface area (Å²) >= 11 is -2.70. The van der Waals surface area contributed by atoms with E-state index in [0.717, 1.165) is 0 Å². The quantitative estimate of drug-likeness (QED) is 0.673. The minimum absolute atomic E-state index is 0.0586. The molecule has 0 heterocycles. The minimum Gasteiger partial charge on any atom is -0.740 e. The first-order valence-electron chi connectivity index (χ1n) is 4.66. The molecule has 0 saturated heterocycles. The van der Waals surface area contributed by atoms with E-state index in [-0.39, 0.29) is 16.0 Å². The number of hydrogen-bond acceptors (Lipinski definition) is 5. The van der Waals surface area contributed by atoms with E-state index in [0.29, 0.717) is 5.39 Å². The molecule has 0 aliphatic heterocycles. The first-order valence-corrected chi connectivity index (χ1v) is 7.10. The van der Waals surface area contributed by atoms with Crippen LogP contribution in [-0.4, -0.2) is 21.7 Å². The Morgan fingerprint density at radius 2 is 1.94 bits per heavy atom. The van der Waals surface area contributed by atoms with Gasteiger partial charge in [0.25, 0.3) is 10.1 Å². The summed E-state index contributed by atoms with van der Waals surface area (Å²) in [7, 11) is -4.33. The normalized spacial score (nSPS) is 13.4. The standard InChI is InChI=1S/C10H8O6S2/c11-17(12)16-8-4-5-9-7(6-8)2-1-3-10(9)18(13,14)15/h1-6H,(H,11,12)(H,13,14,15)/p-1. The van der Waals surface area contributed by atoms with Gasteiger partial charge in [-0.15, -0.1) is 0 Å². The average Bonchev–Trinajstić information content (AvgIpc) is 2.25. The topological polar surface area (TPSA) is 104 Å². The molecule has 0 aliphatic carbocycles. The number of benzene rings is 2. The molecule has 0 fully saturated rings. The zero-order chi connectivity index (χ0) is 13.3. The molecular weight excluding hydrogens is 280 g/mol. The zero-order valence-corrected chi connectivity index (χ0v) is 10.4. The first-order chi connectivity index (χ1) is 8.38. The molecule has 2 aromatic carbocycles. The fourth-order valence-corrected chi connectivity index (χ4v) is 2.56. The number of fused-ring (bicyclic) bond motifs is 1. The molecule has 0 bridgehead atoms. The Bertz CT molecular complexity index is 722. The van der Waals surface area contributed by atoms with Gasteiger partial charge in [0.05, 0.1) is 0 Å². The van der Waals surface area contributed by atoms with Crippen molar-refractivity contribution in [2.24, 2.45) is 0 Å². The van der Waals surface area contributed by atoms with Crippen LogP contribution in [0.5, 0.6) is 5.75 Å². The largest absolute Gasteiger partial charge is 0.740 e. The fraction of sp³-hybridized carbons (Fsp3) is 0. The van der Waals surface area contributed by atoms with Crippen LogP contribution in [0, 0.1) is 0 Å². The van der Waals surface area contributed by atoms with Crippen LogP contribution in [0.3, 0.4) is 0 Å². The molecule has 8 heteroatoms. The molecule has 1 unspecified atom stereocenters. The van der Waals surface area contributed by atoms with E-state index >= 15 is 0 Å². The van der Waals surface area contributed by atoms with Crippen molar-refractivity contribution < 1.29 is 25.9 Å². The Labute approximate surface area is 105 Å². The summed E-state index contributed by atoms with van der Waals surface area (Å²) in [5, 5.41) is 0.720. The summed E-state index contributed by atoms with van der Waals surface area (Å²) in [6.07, 6.45) is 0. The third-order valence-electron chi connectivity index (χ3n) is 2.25. The maximum absolute atomic E-state index is 11.1. The molecule has 96 valence electrons. The van der Waals surface area contributed by atoms with Gasteiger partial charge in [-0.3, -0.25) is 4.55 Å². The lowest BCUT2D eigenvalue weighted by Crippen LogP contribution is -2.00. The summed E-state index contributed by atoms with van der Waals surface area (Å²) in [6, 6.07) is 8.28. The second kappa shape index (κ2) is 4.65. The van der Waals surface area contributed by atoms with Crippen LogP contribution < -0.4 is 4.18 Å². The van der Waals surface area contributed by atoms with Crippen LogP contribution in [0.4, 0.5) is 0 Å². The molecule has 1 N–H and O–H groups in total. The monoisotopic (exact) mass is 287 g/mol. The molecule has 0 saturated carbocycles. The van der Waals surface area contributed by atoms with Crippen LogP contribution in [0.2, 0.25) is 0 Å². The summed E-state index contributed by atoms with van der Waals surface area (Å²) in [4.78, 5) is -0.241. The van der Waals surface area contributed by atoms with Gasteiger partial charge in [0.2, 0.25) is 0 Å². The molecular formula is C10H7O6S2-. The van der Waals surface area contributed by atoms with Crippen molar-refractivity contribution in [3.63, 3.8) is 0 Å². The molecule has 6 nitrogen and oxygen atoms in total. The highest BCUT2D eigenvalue weighted by Gasteiger charge is 2.13.